The summed E-state index contributed by atoms with van der Waals surface area (Å²) in [5.41, 5.74) is 4.27. The van der Waals surface area contributed by atoms with Crippen LogP contribution >= 0.6 is 0 Å². The molecule has 0 radical (unpaired) electrons. The molecule has 0 saturated heterocycles. The Labute approximate surface area is 128 Å². The Morgan fingerprint density at radius 2 is 1.74 bits per heavy atom. The number of aliphatic hydroxyl groups excluding tert-OH is 1. The van der Waals surface area contributed by atoms with Crippen molar-refractivity contribution < 1.29 is 27.5 Å². The number of carbonyl (C=O) groups excluding carboxylic acids is 1. The summed E-state index contributed by atoms with van der Waals surface area (Å²) in [4.78, 5) is 11.6. The molecule has 2 rings (SSSR count). The Bertz CT molecular complexity index is 701. The molecule has 0 bridgehead atoms. The van der Waals surface area contributed by atoms with Gasteiger partial charge in [0.15, 0.2) is 17.5 Å². The number of hydrogen-bond donors (Lipinski definition) is 3. The van der Waals surface area contributed by atoms with Crippen LogP contribution in [0.2, 0.25) is 0 Å². The van der Waals surface area contributed by atoms with E-state index < -0.39 is 41.7 Å². The lowest BCUT2D eigenvalue weighted by molar-refractivity contribution is -0.122. The van der Waals surface area contributed by atoms with Gasteiger partial charge in [-0.05, 0) is 17.7 Å². The minimum Gasteiger partial charge on any atom is -0.388 e. The van der Waals surface area contributed by atoms with Crippen LogP contribution in [0.25, 0.3) is 0 Å². The van der Waals surface area contributed by atoms with Crippen molar-refractivity contribution in [2.45, 2.75) is 12.5 Å². The molecule has 0 aliphatic rings. The highest BCUT2D eigenvalue weighted by molar-refractivity contribution is 5.78. The fourth-order valence-corrected chi connectivity index (χ4v) is 1.83. The minimum absolute atomic E-state index is 0.207. The van der Waals surface area contributed by atoms with Crippen molar-refractivity contribution in [2.75, 3.05) is 5.43 Å². The average Bonchev–Trinajstić information content (AvgIpc) is 2.50. The number of anilines is 1. The molecule has 1 amide bonds. The second-order valence-electron chi connectivity index (χ2n) is 4.70. The molecule has 0 aliphatic heterocycles. The second-order valence-corrected chi connectivity index (χ2v) is 4.70. The zero-order chi connectivity index (χ0) is 17.0. The molecule has 122 valence electrons. The van der Waals surface area contributed by atoms with E-state index in [0.717, 1.165) is 6.07 Å². The number of aliphatic hydroxyl groups is 1. The van der Waals surface area contributed by atoms with Crippen molar-refractivity contribution in [3.63, 3.8) is 0 Å². The van der Waals surface area contributed by atoms with Gasteiger partial charge < -0.3 is 5.11 Å². The number of halogens is 4. The van der Waals surface area contributed by atoms with Crippen LogP contribution in [0.1, 0.15) is 18.1 Å². The molecule has 2 aromatic carbocycles. The average molecular weight is 328 g/mol. The first-order chi connectivity index (χ1) is 10.9. The quantitative estimate of drug-likeness (QED) is 0.449. The smallest absolute Gasteiger partial charge is 0.241 e. The monoisotopic (exact) mass is 328 g/mol. The van der Waals surface area contributed by atoms with Gasteiger partial charge in [0.1, 0.15) is 5.82 Å². The summed E-state index contributed by atoms with van der Waals surface area (Å²) in [6.07, 6.45) is -1.67. The number of hydrogen-bond acceptors (Lipinski definition) is 3. The molecule has 3 N–H and O–H groups in total. The zero-order valence-electron chi connectivity index (χ0n) is 11.6. The van der Waals surface area contributed by atoms with Crippen LogP contribution in [0, 0.1) is 23.3 Å². The highest BCUT2D eigenvalue weighted by Gasteiger charge is 2.14. The molecular weight excluding hydrogens is 316 g/mol. The molecule has 0 heterocycles. The molecule has 2 aromatic rings. The molecule has 1 atom stereocenters. The lowest BCUT2D eigenvalue weighted by atomic mass is 10.1. The van der Waals surface area contributed by atoms with E-state index in [1.54, 1.807) is 0 Å². The van der Waals surface area contributed by atoms with E-state index in [-0.39, 0.29) is 11.3 Å². The molecule has 0 aromatic heterocycles. The maximum Gasteiger partial charge on any atom is 0.241 e. The Balaban J connectivity index is 1.92. The SMILES string of the molecule is O=C(CC(O)c1cccc(F)c1)NNc1cc(F)c(F)c(F)c1. The van der Waals surface area contributed by atoms with Crippen molar-refractivity contribution in [3.05, 3.63) is 65.2 Å². The molecule has 0 spiro atoms. The second kappa shape index (κ2) is 7.10. The predicted octanol–water partition coefficient (Wildman–Crippen LogP) is 2.81. The lowest BCUT2D eigenvalue weighted by Gasteiger charge is -2.13. The number of rotatable bonds is 5. The van der Waals surface area contributed by atoms with Crippen molar-refractivity contribution in [3.8, 4) is 0 Å². The summed E-state index contributed by atoms with van der Waals surface area (Å²) in [5.74, 6) is -5.73. The Kier molecular flexibility index (Phi) is 5.17. The van der Waals surface area contributed by atoms with Crippen LogP contribution in [0.15, 0.2) is 36.4 Å². The summed E-state index contributed by atoms with van der Waals surface area (Å²) in [6, 6.07) is 6.41. The predicted molar refractivity (Wildman–Crippen MR) is 74.1 cm³/mol. The Morgan fingerprint density at radius 1 is 1.09 bits per heavy atom. The van der Waals surface area contributed by atoms with Gasteiger partial charge in [-0.1, -0.05) is 12.1 Å². The first-order valence-corrected chi connectivity index (χ1v) is 6.49. The molecule has 0 saturated carbocycles. The highest BCUT2D eigenvalue weighted by Crippen LogP contribution is 2.18. The fraction of sp³-hybridized carbons (Fsp3) is 0.133. The van der Waals surface area contributed by atoms with Gasteiger partial charge in [0.25, 0.3) is 0 Å². The van der Waals surface area contributed by atoms with Gasteiger partial charge in [-0.2, -0.15) is 0 Å². The van der Waals surface area contributed by atoms with Crippen molar-refractivity contribution >= 4 is 11.6 Å². The number of hydrazine groups is 1. The minimum atomic E-state index is -1.62. The number of benzene rings is 2. The van der Waals surface area contributed by atoms with Gasteiger partial charge in [-0.3, -0.25) is 15.6 Å². The zero-order valence-corrected chi connectivity index (χ0v) is 11.6. The highest BCUT2D eigenvalue weighted by atomic mass is 19.2. The number of nitrogens with one attached hydrogen (secondary N) is 2. The fourth-order valence-electron chi connectivity index (χ4n) is 1.83. The summed E-state index contributed by atoms with van der Waals surface area (Å²) in [5, 5.41) is 9.81. The molecule has 0 fully saturated rings. The van der Waals surface area contributed by atoms with E-state index in [0.29, 0.717) is 12.1 Å². The van der Waals surface area contributed by atoms with Gasteiger partial charge >= 0.3 is 0 Å². The van der Waals surface area contributed by atoms with Crippen molar-refractivity contribution in [1.29, 1.82) is 0 Å². The maximum atomic E-state index is 13.0. The van der Waals surface area contributed by atoms with Gasteiger partial charge in [0.05, 0.1) is 18.2 Å². The van der Waals surface area contributed by atoms with E-state index in [9.17, 15) is 27.5 Å². The molecular formula is C15H12F4N2O2. The van der Waals surface area contributed by atoms with Crippen LogP contribution < -0.4 is 10.9 Å². The maximum absolute atomic E-state index is 13.0. The van der Waals surface area contributed by atoms with Gasteiger partial charge in [0, 0.05) is 12.1 Å². The first kappa shape index (κ1) is 16.8. The first-order valence-electron chi connectivity index (χ1n) is 6.49. The van der Waals surface area contributed by atoms with E-state index >= 15 is 0 Å². The molecule has 1 unspecified atom stereocenters. The third-order valence-electron chi connectivity index (χ3n) is 2.94. The normalized spacial score (nSPS) is 11.9. The standard InChI is InChI=1S/C15H12F4N2O2/c16-9-3-1-2-8(4-9)13(22)7-14(23)21-20-10-5-11(17)15(19)12(18)6-10/h1-6,13,20,22H,7H2,(H,21,23). The van der Waals surface area contributed by atoms with Gasteiger partial charge in [-0.25, -0.2) is 17.6 Å². The van der Waals surface area contributed by atoms with E-state index in [4.69, 9.17) is 0 Å². The van der Waals surface area contributed by atoms with Crippen LogP contribution in [0.3, 0.4) is 0 Å². The van der Waals surface area contributed by atoms with E-state index in [2.05, 4.69) is 10.9 Å². The largest absolute Gasteiger partial charge is 0.388 e. The van der Waals surface area contributed by atoms with Crippen molar-refractivity contribution in [1.82, 2.24) is 5.43 Å². The van der Waals surface area contributed by atoms with E-state index in [1.165, 1.54) is 18.2 Å². The third kappa shape index (κ3) is 4.43. The number of amides is 1. The van der Waals surface area contributed by atoms with Crippen LogP contribution in [-0.4, -0.2) is 11.0 Å². The van der Waals surface area contributed by atoms with Crippen LogP contribution in [0.4, 0.5) is 23.2 Å². The van der Waals surface area contributed by atoms with Crippen LogP contribution in [-0.2, 0) is 4.79 Å². The summed E-state index contributed by atoms with van der Waals surface area (Å²) < 4.78 is 51.8. The molecule has 4 nitrogen and oxygen atoms in total. The Hall–Kier alpha value is -2.61. The van der Waals surface area contributed by atoms with Crippen molar-refractivity contribution in [2.24, 2.45) is 0 Å². The van der Waals surface area contributed by atoms with Gasteiger partial charge in [0.2, 0.25) is 5.91 Å². The molecule has 8 heteroatoms. The summed E-state index contributed by atoms with van der Waals surface area (Å²) >= 11 is 0. The third-order valence-corrected chi connectivity index (χ3v) is 2.94. The number of carbonyl (C=O) groups is 1. The molecule has 23 heavy (non-hydrogen) atoms. The summed E-state index contributed by atoms with van der Waals surface area (Å²) in [7, 11) is 0. The summed E-state index contributed by atoms with van der Waals surface area (Å²) in [6.45, 7) is 0. The van der Waals surface area contributed by atoms with Crippen LogP contribution in [0.5, 0.6) is 0 Å². The van der Waals surface area contributed by atoms with E-state index in [1.807, 2.05) is 0 Å². The van der Waals surface area contributed by atoms with Gasteiger partial charge in [-0.15, -0.1) is 0 Å². The Morgan fingerprint density at radius 3 is 2.35 bits per heavy atom. The lowest BCUT2D eigenvalue weighted by Crippen LogP contribution is -2.30. The topological polar surface area (TPSA) is 61.4 Å². The molecule has 0 aliphatic carbocycles.